The number of benzene rings is 3. The molecule has 0 aliphatic carbocycles. The molecule has 0 aromatic heterocycles. The molecule has 0 fully saturated rings. The Balaban J connectivity index is 1.28. The van der Waals surface area contributed by atoms with E-state index in [1.165, 1.54) is 4.90 Å². The summed E-state index contributed by atoms with van der Waals surface area (Å²) in [6, 6.07) is 19.7. The number of nitrogens with one attached hydrogen (secondary N) is 1. The molecule has 8 heteroatoms. The Hall–Kier alpha value is -4.33. The number of anilines is 1. The van der Waals surface area contributed by atoms with E-state index in [-0.39, 0.29) is 18.4 Å². The van der Waals surface area contributed by atoms with E-state index in [9.17, 15) is 14.4 Å². The third-order valence-electron chi connectivity index (χ3n) is 6.23. The Morgan fingerprint density at radius 1 is 0.972 bits per heavy atom. The molecule has 2 heterocycles. The van der Waals surface area contributed by atoms with Crippen LogP contribution in [0.25, 0.3) is 0 Å². The zero-order valence-electron chi connectivity index (χ0n) is 19.9. The molecule has 1 atom stereocenters. The van der Waals surface area contributed by atoms with Crippen LogP contribution in [0.1, 0.15) is 44.9 Å². The number of ether oxygens (including phenoxy) is 3. The zero-order valence-corrected chi connectivity index (χ0v) is 19.9. The van der Waals surface area contributed by atoms with E-state index in [1.807, 2.05) is 37.3 Å². The highest BCUT2D eigenvalue weighted by atomic mass is 16.6. The molecule has 8 nitrogen and oxygen atoms in total. The minimum Gasteiger partial charge on any atom is -0.486 e. The summed E-state index contributed by atoms with van der Waals surface area (Å²) in [5.74, 6) is 0.190. The smallest absolute Gasteiger partial charge is 0.339 e. The third-order valence-corrected chi connectivity index (χ3v) is 6.23. The van der Waals surface area contributed by atoms with Crippen LogP contribution >= 0.6 is 0 Å². The van der Waals surface area contributed by atoms with Gasteiger partial charge in [0.05, 0.1) is 5.56 Å². The van der Waals surface area contributed by atoms with Gasteiger partial charge in [-0.1, -0.05) is 30.3 Å². The minimum atomic E-state index is -0.407. The van der Waals surface area contributed by atoms with Crippen LogP contribution in [0.4, 0.5) is 5.69 Å². The van der Waals surface area contributed by atoms with Gasteiger partial charge in [0.25, 0.3) is 5.91 Å². The third kappa shape index (κ3) is 4.88. The predicted octanol–water partition coefficient (Wildman–Crippen LogP) is 4.01. The van der Waals surface area contributed by atoms with E-state index in [4.69, 9.17) is 14.2 Å². The van der Waals surface area contributed by atoms with Crippen molar-refractivity contribution in [1.82, 2.24) is 4.90 Å². The lowest BCUT2D eigenvalue weighted by Gasteiger charge is -2.26. The van der Waals surface area contributed by atoms with Gasteiger partial charge in [0.1, 0.15) is 25.9 Å². The Bertz CT molecular complexity index is 1310. The van der Waals surface area contributed by atoms with Gasteiger partial charge in [-0.15, -0.1) is 0 Å². The van der Waals surface area contributed by atoms with E-state index in [0.29, 0.717) is 54.5 Å². The number of nitrogens with zero attached hydrogens (tertiary/aromatic N) is 1. The van der Waals surface area contributed by atoms with E-state index in [2.05, 4.69) is 5.32 Å². The van der Waals surface area contributed by atoms with Gasteiger partial charge in [-0.25, -0.2) is 4.79 Å². The van der Waals surface area contributed by atoms with Crippen LogP contribution in [0.5, 0.6) is 11.5 Å². The van der Waals surface area contributed by atoms with Crippen molar-refractivity contribution in [2.24, 2.45) is 0 Å². The quantitative estimate of drug-likeness (QED) is 0.529. The van der Waals surface area contributed by atoms with Gasteiger partial charge < -0.3 is 24.4 Å². The average Bonchev–Trinajstić information content (AvgIpc) is 2.91. The number of hydrogen-bond acceptors (Lipinski definition) is 6. The van der Waals surface area contributed by atoms with Crippen LogP contribution in [0, 0.1) is 0 Å². The fourth-order valence-corrected chi connectivity index (χ4v) is 4.39. The molecule has 0 bridgehead atoms. The monoisotopic (exact) mass is 486 g/mol. The molecule has 3 aromatic rings. The summed E-state index contributed by atoms with van der Waals surface area (Å²) in [5, 5.41) is 2.81. The van der Waals surface area contributed by atoms with Gasteiger partial charge in [-0.05, 0) is 48.4 Å². The molecule has 1 N–H and O–H groups in total. The van der Waals surface area contributed by atoms with Crippen molar-refractivity contribution >= 4 is 23.5 Å². The average molecular weight is 487 g/mol. The van der Waals surface area contributed by atoms with Crippen LogP contribution in [0.2, 0.25) is 0 Å². The number of likely N-dealkylation sites (N-methyl/N-ethyl adjacent to an activating group) is 1. The molecule has 2 aliphatic heterocycles. The maximum Gasteiger partial charge on any atom is 0.339 e. The summed E-state index contributed by atoms with van der Waals surface area (Å²) < 4.78 is 16.7. The molecule has 1 unspecified atom stereocenters. The number of amides is 2. The first-order chi connectivity index (χ1) is 17.5. The highest BCUT2D eigenvalue weighted by Crippen LogP contribution is 2.33. The molecule has 0 spiro atoms. The van der Waals surface area contributed by atoms with Crippen molar-refractivity contribution in [1.29, 1.82) is 0 Å². The number of fused-ring (bicyclic) bond motifs is 2. The van der Waals surface area contributed by atoms with Crippen molar-refractivity contribution in [2.75, 3.05) is 31.6 Å². The number of rotatable bonds is 6. The topological polar surface area (TPSA) is 94.2 Å². The van der Waals surface area contributed by atoms with E-state index >= 15 is 0 Å². The van der Waals surface area contributed by atoms with Crippen LogP contribution < -0.4 is 14.8 Å². The largest absolute Gasteiger partial charge is 0.486 e. The predicted molar refractivity (Wildman–Crippen MR) is 132 cm³/mol. The number of esters is 1. The lowest BCUT2D eigenvalue weighted by Crippen LogP contribution is -2.38. The Labute approximate surface area is 208 Å². The number of cyclic esters (lactones) is 1. The number of carbonyl (C=O) groups excluding carboxylic acids is 3. The standard InChI is InChI=1S/C28H26N2O6/c1-2-30(17-26(31)29-21-9-11-23-25(16-21)35-13-12-34-23)27(32)19-8-10-22-20(14-19)15-24(36-28(22)33)18-6-4-3-5-7-18/h3-11,14,16,24H,2,12-13,15,17H2,1H3,(H,29,31). The summed E-state index contributed by atoms with van der Waals surface area (Å²) in [6.07, 6.45) is 0.0683. The summed E-state index contributed by atoms with van der Waals surface area (Å²) in [4.78, 5) is 40.0. The van der Waals surface area contributed by atoms with E-state index in [0.717, 1.165) is 11.1 Å². The molecule has 3 aromatic carbocycles. The van der Waals surface area contributed by atoms with Crippen molar-refractivity contribution in [3.8, 4) is 11.5 Å². The maximum atomic E-state index is 13.3. The Kier molecular flexibility index (Phi) is 6.58. The number of hydrogen-bond donors (Lipinski definition) is 1. The Morgan fingerprint density at radius 2 is 1.75 bits per heavy atom. The van der Waals surface area contributed by atoms with Gasteiger partial charge in [0, 0.05) is 30.3 Å². The summed E-state index contributed by atoms with van der Waals surface area (Å²) in [5.41, 5.74) is 3.09. The van der Waals surface area contributed by atoms with Crippen LogP contribution in [-0.2, 0) is 16.0 Å². The fourth-order valence-electron chi connectivity index (χ4n) is 4.39. The first-order valence-electron chi connectivity index (χ1n) is 11.9. The molecule has 2 amide bonds. The van der Waals surface area contributed by atoms with Gasteiger partial charge >= 0.3 is 5.97 Å². The van der Waals surface area contributed by atoms with Crippen molar-refractivity contribution in [3.63, 3.8) is 0 Å². The number of carbonyl (C=O) groups is 3. The van der Waals surface area contributed by atoms with Crippen molar-refractivity contribution in [2.45, 2.75) is 19.4 Å². The van der Waals surface area contributed by atoms with Crippen LogP contribution in [0.15, 0.2) is 66.7 Å². The lowest BCUT2D eigenvalue weighted by atomic mass is 9.93. The van der Waals surface area contributed by atoms with Crippen LogP contribution in [0.3, 0.4) is 0 Å². The molecule has 184 valence electrons. The molecule has 2 aliphatic rings. The van der Waals surface area contributed by atoms with Crippen molar-refractivity contribution in [3.05, 3.63) is 89.0 Å². The molecule has 5 rings (SSSR count). The molecule has 0 saturated carbocycles. The molecule has 0 saturated heterocycles. The second-order valence-corrected chi connectivity index (χ2v) is 8.61. The zero-order chi connectivity index (χ0) is 25.1. The van der Waals surface area contributed by atoms with Gasteiger partial charge in [0.2, 0.25) is 5.91 Å². The van der Waals surface area contributed by atoms with Crippen LogP contribution in [-0.4, -0.2) is 49.0 Å². The molecular formula is C28H26N2O6. The minimum absolute atomic E-state index is 0.116. The summed E-state index contributed by atoms with van der Waals surface area (Å²) in [6.45, 7) is 2.99. The molecular weight excluding hydrogens is 460 g/mol. The summed E-state index contributed by atoms with van der Waals surface area (Å²) in [7, 11) is 0. The first-order valence-corrected chi connectivity index (χ1v) is 11.9. The molecule has 0 radical (unpaired) electrons. The normalized spacial score (nSPS) is 15.9. The SMILES string of the molecule is CCN(CC(=O)Nc1ccc2c(c1)OCCO2)C(=O)c1ccc2c(c1)CC(c1ccccc1)OC2=O. The van der Waals surface area contributed by atoms with Crippen molar-refractivity contribution < 1.29 is 28.6 Å². The summed E-state index contributed by atoms with van der Waals surface area (Å²) >= 11 is 0. The van der Waals surface area contributed by atoms with Gasteiger partial charge in [-0.2, -0.15) is 0 Å². The van der Waals surface area contributed by atoms with E-state index < -0.39 is 12.1 Å². The Morgan fingerprint density at radius 3 is 2.53 bits per heavy atom. The lowest BCUT2D eigenvalue weighted by molar-refractivity contribution is -0.116. The van der Waals surface area contributed by atoms with Gasteiger partial charge in [-0.3, -0.25) is 9.59 Å². The first kappa shape index (κ1) is 23.4. The van der Waals surface area contributed by atoms with E-state index in [1.54, 1.807) is 36.4 Å². The second-order valence-electron chi connectivity index (χ2n) is 8.61. The maximum absolute atomic E-state index is 13.3. The second kappa shape index (κ2) is 10.1. The van der Waals surface area contributed by atoms with Gasteiger partial charge in [0.15, 0.2) is 11.5 Å². The highest BCUT2D eigenvalue weighted by molar-refractivity contribution is 6.01. The highest BCUT2D eigenvalue weighted by Gasteiger charge is 2.29. The fraction of sp³-hybridized carbons (Fsp3) is 0.250. The molecule has 36 heavy (non-hydrogen) atoms.